The Hall–Kier alpha value is -4.12. The number of carbonyl (C=O) groups excluding carboxylic acids is 2. The SMILES string of the molecule is C[C@@H](/C=C/CCn1cc(C(CO)c2ccccc2)nn1)[C@]1(O)C(=O)N(Cc2ccc(N3CCCCC3=O)cc2)c2ccc(Br)cc21. The molecule has 2 aliphatic rings. The summed E-state index contributed by atoms with van der Waals surface area (Å²) >= 11 is 3.52. The molecule has 2 aliphatic heterocycles. The second-order valence-corrected chi connectivity index (χ2v) is 13.0. The lowest BCUT2D eigenvalue weighted by molar-refractivity contribution is -0.139. The van der Waals surface area contributed by atoms with Crippen LogP contribution in [-0.4, -0.2) is 50.2 Å². The highest BCUT2D eigenvalue weighted by atomic mass is 79.9. The number of rotatable bonds is 11. The van der Waals surface area contributed by atoms with E-state index in [9.17, 15) is 19.8 Å². The van der Waals surface area contributed by atoms with Gasteiger partial charge >= 0.3 is 0 Å². The van der Waals surface area contributed by atoms with Crippen LogP contribution in [0.25, 0.3) is 0 Å². The number of allylic oxidation sites excluding steroid dienone is 1. The van der Waals surface area contributed by atoms with Gasteiger partial charge in [0.1, 0.15) is 0 Å². The fraction of sp³-hybridized carbons (Fsp3) is 0.333. The van der Waals surface area contributed by atoms with E-state index in [1.165, 1.54) is 0 Å². The van der Waals surface area contributed by atoms with Crippen LogP contribution in [0.5, 0.6) is 0 Å². The summed E-state index contributed by atoms with van der Waals surface area (Å²) in [6, 6.07) is 23.1. The van der Waals surface area contributed by atoms with E-state index in [1.54, 1.807) is 9.58 Å². The lowest BCUT2D eigenvalue weighted by Gasteiger charge is -2.28. The van der Waals surface area contributed by atoms with Crippen LogP contribution in [0, 0.1) is 5.92 Å². The summed E-state index contributed by atoms with van der Waals surface area (Å²) in [5.74, 6) is -0.976. The highest BCUT2D eigenvalue weighted by Gasteiger charge is 2.52. The molecule has 1 saturated heterocycles. The second-order valence-electron chi connectivity index (χ2n) is 12.0. The maximum absolute atomic E-state index is 14.0. The number of benzene rings is 3. The molecule has 3 aromatic carbocycles. The third-order valence-electron chi connectivity index (χ3n) is 9.05. The molecule has 0 aliphatic carbocycles. The van der Waals surface area contributed by atoms with Crippen molar-refractivity contribution < 1.29 is 19.8 Å². The molecule has 3 heterocycles. The number of anilines is 2. The lowest BCUT2D eigenvalue weighted by Crippen LogP contribution is -2.44. The molecule has 9 nitrogen and oxygen atoms in total. The number of aliphatic hydroxyl groups is 2. The Kier molecular flexibility index (Phi) is 9.49. The first-order chi connectivity index (χ1) is 22.3. The molecule has 2 N–H and O–H groups in total. The maximum Gasteiger partial charge on any atom is 0.264 e. The number of nitrogens with zero attached hydrogens (tertiary/aromatic N) is 5. The van der Waals surface area contributed by atoms with Gasteiger partial charge < -0.3 is 20.0 Å². The van der Waals surface area contributed by atoms with Crippen molar-refractivity contribution in [2.45, 2.75) is 57.2 Å². The number of fused-ring (bicyclic) bond motifs is 1. The normalized spacial score (nSPS) is 19.6. The van der Waals surface area contributed by atoms with Gasteiger partial charge in [-0.3, -0.25) is 14.3 Å². The Balaban J connectivity index is 1.14. The van der Waals surface area contributed by atoms with Crippen molar-refractivity contribution in [2.75, 3.05) is 23.0 Å². The molecule has 0 spiro atoms. The minimum atomic E-state index is -1.74. The van der Waals surface area contributed by atoms with E-state index in [1.807, 2.05) is 103 Å². The summed E-state index contributed by atoms with van der Waals surface area (Å²) in [6.45, 7) is 3.37. The molecule has 2 amide bonds. The van der Waals surface area contributed by atoms with Crippen LogP contribution in [0.1, 0.15) is 60.9 Å². The summed E-state index contributed by atoms with van der Waals surface area (Å²) in [5.41, 5.74) is 2.97. The molecule has 1 aromatic heterocycles. The van der Waals surface area contributed by atoms with Crippen molar-refractivity contribution in [3.63, 3.8) is 0 Å². The maximum atomic E-state index is 14.0. The molecule has 10 heteroatoms. The molecule has 1 fully saturated rings. The van der Waals surface area contributed by atoms with Gasteiger partial charge in [-0.1, -0.05) is 82.7 Å². The van der Waals surface area contributed by atoms with E-state index in [0.29, 0.717) is 42.9 Å². The monoisotopic (exact) mass is 683 g/mol. The van der Waals surface area contributed by atoms with Crippen molar-refractivity contribution in [1.82, 2.24) is 15.0 Å². The van der Waals surface area contributed by atoms with E-state index >= 15 is 0 Å². The predicted octanol–water partition coefficient (Wildman–Crippen LogP) is 5.70. The molecule has 0 saturated carbocycles. The third kappa shape index (κ3) is 6.29. The number of aliphatic hydroxyl groups excluding tert-OH is 1. The number of aryl methyl sites for hydroxylation is 1. The van der Waals surface area contributed by atoms with Crippen LogP contribution in [-0.2, 0) is 28.3 Å². The van der Waals surface area contributed by atoms with Gasteiger partial charge in [0.25, 0.3) is 5.91 Å². The summed E-state index contributed by atoms with van der Waals surface area (Å²) in [7, 11) is 0. The first-order valence-corrected chi connectivity index (χ1v) is 16.5. The molecule has 1 unspecified atom stereocenters. The van der Waals surface area contributed by atoms with Crippen molar-refractivity contribution in [3.8, 4) is 0 Å². The largest absolute Gasteiger partial charge is 0.395 e. The van der Waals surface area contributed by atoms with E-state index in [2.05, 4.69) is 26.2 Å². The smallest absolute Gasteiger partial charge is 0.264 e. The Bertz CT molecular complexity index is 1720. The number of carbonyl (C=O) groups is 2. The van der Waals surface area contributed by atoms with Gasteiger partial charge in [0.05, 0.1) is 30.5 Å². The Labute approximate surface area is 277 Å². The van der Waals surface area contributed by atoms with Crippen LogP contribution >= 0.6 is 15.9 Å². The van der Waals surface area contributed by atoms with E-state index < -0.39 is 11.5 Å². The Morgan fingerprint density at radius 3 is 2.57 bits per heavy atom. The van der Waals surface area contributed by atoms with Crippen LogP contribution in [0.15, 0.2) is 95.6 Å². The average Bonchev–Trinajstić information content (AvgIpc) is 3.62. The standard InChI is InChI=1S/C36H38BrN5O4/c1-25(9-5-7-19-40-23-32(38-39-40)30(24-43)27-10-3-2-4-11-27)36(46)31-21-28(37)15-18-33(31)42(35(36)45)22-26-13-16-29(17-14-26)41-20-8-6-12-34(41)44/h2-5,9-11,13-18,21,23,25,30,43,46H,6-8,12,19-20,22,24H2,1H3/b9-5+/t25-,30?,36+/m0/s1. The highest BCUT2D eigenvalue weighted by Crippen LogP contribution is 2.46. The predicted molar refractivity (Wildman–Crippen MR) is 180 cm³/mol. The molecule has 6 rings (SSSR count). The topological polar surface area (TPSA) is 112 Å². The molecular formula is C36H38BrN5O4. The van der Waals surface area contributed by atoms with Gasteiger partial charge in [0.15, 0.2) is 5.60 Å². The fourth-order valence-corrected chi connectivity index (χ4v) is 6.76. The number of hydrogen-bond acceptors (Lipinski definition) is 6. The van der Waals surface area contributed by atoms with Gasteiger partial charge in [0.2, 0.25) is 5.91 Å². The van der Waals surface area contributed by atoms with Crippen LogP contribution in [0.3, 0.4) is 0 Å². The van der Waals surface area contributed by atoms with Crippen LogP contribution < -0.4 is 9.80 Å². The fourth-order valence-electron chi connectivity index (χ4n) is 6.40. The van der Waals surface area contributed by atoms with Gasteiger partial charge in [-0.25, -0.2) is 0 Å². The molecule has 0 bridgehead atoms. The van der Waals surface area contributed by atoms with Gasteiger partial charge in [-0.05, 0) is 60.7 Å². The number of halogens is 1. The van der Waals surface area contributed by atoms with Crippen molar-refractivity contribution in [3.05, 3.63) is 118 Å². The zero-order valence-corrected chi connectivity index (χ0v) is 27.4. The molecule has 0 radical (unpaired) electrons. The second kappa shape index (κ2) is 13.7. The molecule has 46 heavy (non-hydrogen) atoms. The van der Waals surface area contributed by atoms with Crippen molar-refractivity contribution in [2.24, 2.45) is 5.92 Å². The Morgan fingerprint density at radius 1 is 1.04 bits per heavy atom. The number of piperidine rings is 1. The van der Waals surface area contributed by atoms with Crippen LogP contribution in [0.4, 0.5) is 11.4 Å². The zero-order valence-electron chi connectivity index (χ0n) is 25.8. The summed E-state index contributed by atoms with van der Waals surface area (Å²) in [5, 5.41) is 30.5. The first kappa shape index (κ1) is 31.8. The van der Waals surface area contributed by atoms with Gasteiger partial charge in [-0.15, -0.1) is 5.10 Å². The minimum Gasteiger partial charge on any atom is -0.395 e. The highest BCUT2D eigenvalue weighted by molar-refractivity contribution is 9.10. The third-order valence-corrected chi connectivity index (χ3v) is 9.54. The van der Waals surface area contributed by atoms with Crippen LogP contribution in [0.2, 0.25) is 0 Å². The summed E-state index contributed by atoms with van der Waals surface area (Å²) < 4.78 is 2.52. The number of aromatic nitrogens is 3. The average molecular weight is 685 g/mol. The zero-order chi connectivity index (χ0) is 32.3. The number of amides is 2. The van der Waals surface area contributed by atoms with Gasteiger partial charge in [0, 0.05) is 47.3 Å². The van der Waals surface area contributed by atoms with E-state index in [0.717, 1.165) is 40.7 Å². The molecular weight excluding hydrogens is 646 g/mol. The van der Waals surface area contributed by atoms with Gasteiger partial charge in [-0.2, -0.15) is 0 Å². The van der Waals surface area contributed by atoms with E-state index in [4.69, 9.17) is 0 Å². The van der Waals surface area contributed by atoms with Crippen molar-refractivity contribution >= 4 is 39.1 Å². The lowest BCUT2D eigenvalue weighted by atomic mass is 9.83. The summed E-state index contributed by atoms with van der Waals surface area (Å²) in [4.78, 5) is 29.8. The van der Waals surface area contributed by atoms with E-state index in [-0.39, 0.29) is 24.3 Å². The quantitative estimate of drug-likeness (QED) is 0.196. The number of hydrogen-bond donors (Lipinski definition) is 2. The molecule has 3 atom stereocenters. The molecule has 4 aromatic rings. The Morgan fingerprint density at radius 2 is 1.83 bits per heavy atom. The summed E-state index contributed by atoms with van der Waals surface area (Å²) in [6.07, 6.45) is 8.81. The first-order valence-electron chi connectivity index (χ1n) is 15.8. The minimum absolute atomic E-state index is 0.0632. The van der Waals surface area contributed by atoms with Crippen molar-refractivity contribution in [1.29, 1.82) is 0 Å². The molecule has 238 valence electrons.